The molecule has 3 aromatic carbocycles. The van der Waals surface area contributed by atoms with Crippen molar-refractivity contribution < 1.29 is 9.53 Å². The highest BCUT2D eigenvalue weighted by Gasteiger charge is 2.19. The van der Waals surface area contributed by atoms with Crippen LogP contribution in [0.5, 0.6) is 5.75 Å². The molecule has 0 saturated carbocycles. The molecule has 1 atom stereocenters. The van der Waals surface area contributed by atoms with Gasteiger partial charge in [-0.25, -0.2) is 4.98 Å². The summed E-state index contributed by atoms with van der Waals surface area (Å²) in [5, 5.41) is 3.07. The number of aryl methyl sites for hydroxylation is 1. The van der Waals surface area contributed by atoms with Crippen LogP contribution in [-0.4, -0.2) is 22.1 Å². The molecule has 4 rings (SSSR count). The van der Waals surface area contributed by atoms with Crippen molar-refractivity contribution in [1.29, 1.82) is 0 Å². The average Bonchev–Trinajstić information content (AvgIpc) is 3.14. The number of ether oxygens (including phenoxy) is 1. The van der Waals surface area contributed by atoms with Crippen molar-refractivity contribution in [2.45, 2.75) is 26.4 Å². The van der Waals surface area contributed by atoms with Crippen LogP contribution in [0.4, 0.5) is 0 Å². The number of aromatic nitrogens is 2. The second-order valence-corrected chi connectivity index (χ2v) is 7.33. The van der Waals surface area contributed by atoms with Gasteiger partial charge in [-0.2, -0.15) is 0 Å². The van der Waals surface area contributed by atoms with Gasteiger partial charge in [0.25, 0.3) is 5.91 Å². The molecule has 0 aliphatic heterocycles. The van der Waals surface area contributed by atoms with Crippen LogP contribution in [0, 0.1) is 6.92 Å². The number of imidazole rings is 1. The lowest BCUT2D eigenvalue weighted by Crippen LogP contribution is -2.29. The van der Waals surface area contributed by atoms with E-state index in [2.05, 4.69) is 16.8 Å². The summed E-state index contributed by atoms with van der Waals surface area (Å²) in [6.07, 6.45) is 0. The molecule has 0 fully saturated rings. The number of hydrogen-bond donors (Lipinski definition) is 1. The van der Waals surface area contributed by atoms with Crippen molar-refractivity contribution in [2.75, 3.05) is 6.61 Å². The van der Waals surface area contributed by atoms with Gasteiger partial charge in [-0.15, -0.1) is 0 Å². The second kappa shape index (κ2) is 8.82. The number of nitrogens with zero attached hydrogens (tertiary/aromatic N) is 2. The normalized spacial score (nSPS) is 11.9. The van der Waals surface area contributed by atoms with E-state index in [-0.39, 0.29) is 11.9 Å². The second-order valence-electron chi connectivity index (χ2n) is 7.33. The van der Waals surface area contributed by atoms with E-state index in [1.807, 2.05) is 73.7 Å². The van der Waals surface area contributed by atoms with Gasteiger partial charge in [0.05, 0.1) is 23.6 Å². The Hall–Kier alpha value is -3.60. The first-order chi connectivity index (χ1) is 14.6. The molecule has 152 valence electrons. The van der Waals surface area contributed by atoms with Gasteiger partial charge in [0.15, 0.2) is 0 Å². The first-order valence-electron chi connectivity index (χ1n) is 10.1. The van der Waals surface area contributed by atoms with Crippen molar-refractivity contribution in [1.82, 2.24) is 14.9 Å². The molecule has 0 aliphatic rings. The van der Waals surface area contributed by atoms with Crippen LogP contribution >= 0.6 is 0 Å². The largest absolute Gasteiger partial charge is 0.492 e. The van der Waals surface area contributed by atoms with Crippen molar-refractivity contribution >= 4 is 16.9 Å². The van der Waals surface area contributed by atoms with Gasteiger partial charge in [-0.05, 0) is 50.2 Å². The van der Waals surface area contributed by atoms with E-state index in [9.17, 15) is 4.79 Å². The Morgan fingerprint density at radius 3 is 2.47 bits per heavy atom. The van der Waals surface area contributed by atoms with E-state index in [1.54, 1.807) is 12.1 Å². The van der Waals surface area contributed by atoms with Gasteiger partial charge >= 0.3 is 0 Å². The maximum absolute atomic E-state index is 12.6. The van der Waals surface area contributed by atoms with E-state index >= 15 is 0 Å². The lowest BCUT2D eigenvalue weighted by molar-refractivity contribution is 0.0937. The molecular weight excluding hydrogens is 374 g/mol. The first kappa shape index (κ1) is 19.7. The monoisotopic (exact) mass is 399 g/mol. The molecule has 0 saturated heterocycles. The third-order valence-electron chi connectivity index (χ3n) is 5.06. The maximum atomic E-state index is 12.6. The molecule has 1 unspecified atom stereocenters. The fourth-order valence-corrected chi connectivity index (χ4v) is 3.48. The topological polar surface area (TPSA) is 56.1 Å². The number of para-hydroxylation sites is 2. The molecule has 0 radical (unpaired) electrons. The third kappa shape index (κ3) is 4.35. The predicted octanol–water partition coefficient (Wildman–Crippen LogP) is 4.91. The van der Waals surface area contributed by atoms with Gasteiger partial charge < -0.3 is 14.6 Å². The number of rotatable bonds is 7. The Kier molecular flexibility index (Phi) is 5.80. The van der Waals surface area contributed by atoms with E-state index < -0.39 is 0 Å². The van der Waals surface area contributed by atoms with Crippen molar-refractivity contribution in [3.63, 3.8) is 0 Å². The Morgan fingerprint density at radius 2 is 1.70 bits per heavy atom. The highest BCUT2D eigenvalue weighted by atomic mass is 16.5. The maximum Gasteiger partial charge on any atom is 0.251 e. The highest BCUT2D eigenvalue weighted by Crippen LogP contribution is 2.21. The molecule has 5 nitrogen and oxygen atoms in total. The smallest absolute Gasteiger partial charge is 0.251 e. The summed E-state index contributed by atoms with van der Waals surface area (Å²) >= 11 is 0. The van der Waals surface area contributed by atoms with Gasteiger partial charge in [-0.1, -0.05) is 48.0 Å². The zero-order chi connectivity index (χ0) is 20.9. The van der Waals surface area contributed by atoms with Crippen LogP contribution in [0.3, 0.4) is 0 Å². The average molecular weight is 399 g/mol. The number of benzene rings is 3. The first-order valence-corrected chi connectivity index (χ1v) is 10.1. The Balaban J connectivity index is 1.53. The fourth-order valence-electron chi connectivity index (χ4n) is 3.48. The van der Waals surface area contributed by atoms with Crippen LogP contribution in [0.25, 0.3) is 11.0 Å². The zero-order valence-electron chi connectivity index (χ0n) is 17.2. The summed E-state index contributed by atoms with van der Waals surface area (Å²) in [5.74, 6) is 1.54. The molecule has 1 N–H and O–H groups in total. The summed E-state index contributed by atoms with van der Waals surface area (Å²) in [6.45, 7) is 5.16. The number of fused-ring (bicyclic) bond motifs is 1. The minimum Gasteiger partial charge on any atom is -0.492 e. The SMILES string of the molecule is Cc1ccc(OCCn2c(C(C)NC(=O)c3ccccc3)nc3ccccc32)cc1. The van der Waals surface area contributed by atoms with E-state index in [1.165, 1.54) is 5.56 Å². The molecule has 30 heavy (non-hydrogen) atoms. The number of carbonyl (C=O) groups excluding carboxylic acids is 1. The molecule has 0 aliphatic carbocycles. The Bertz CT molecular complexity index is 1130. The summed E-state index contributed by atoms with van der Waals surface area (Å²) in [6, 6.07) is 25.0. The highest BCUT2D eigenvalue weighted by molar-refractivity contribution is 5.94. The molecule has 1 heterocycles. The van der Waals surface area contributed by atoms with Crippen molar-refractivity contribution in [3.05, 3.63) is 95.8 Å². The van der Waals surface area contributed by atoms with Crippen LogP contribution < -0.4 is 10.1 Å². The molecular formula is C25H25N3O2. The number of hydrogen-bond acceptors (Lipinski definition) is 3. The molecule has 4 aromatic rings. The van der Waals surface area contributed by atoms with Gasteiger partial charge in [0, 0.05) is 5.56 Å². The molecule has 0 spiro atoms. The van der Waals surface area contributed by atoms with Crippen LogP contribution in [0.1, 0.15) is 34.7 Å². The van der Waals surface area contributed by atoms with Crippen LogP contribution in [0.15, 0.2) is 78.9 Å². The fraction of sp³-hybridized carbons (Fsp3) is 0.200. The Labute approximate surface area is 176 Å². The number of nitrogens with one attached hydrogen (secondary N) is 1. The van der Waals surface area contributed by atoms with Crippen LogP contribution in [-0.2, 0) is 6.54 Å². The van der Waals surface area contributed by atoms with E-state index in [0.717, 1.165) is 22.6 Å². The summed E-state index contributed by atoms with van der Waals surface area (Å²) in [5.41, 5.74) is 3.77. The lowest BCUT2D eigenvalue weighted by atomic mass is 10.2. The number of amides is 1. The van der Waals surface area contributed by atoms with Gasteiger partial charge in [0.2, 0.25) is 0 Å². The molecule has 0 bridgehead atoms. The zero-order valence-corrected chi connectivity index (χ0v) is 17.2. The molecule has 5 heteroatoms. The van der Waals surface area contributed by atoms with Crippen LogP contribution in [0.2, 0.25) is 0 Å². The standard InChI is InChI=1S/C25H25N3O2/c1-18-12-14-21(15-13-18)30-17-16-28-23-11-7-6-10-22(23)27-24(28)19(2)26-25(29)20-8-4-3-5-9-20/h3-15,19H,16-17H2,1-2H3,(H,26,29). The van der Waals surface area contributed by atoms with Crippen molar-refractivity contribution in [2.24, 2.45) is 0 Å². The van der Waals surface area contributed by atoms with Crippen molar-refractivity contribution in [3.8, 4) is 5.75 Å². The quantitative estimate of drug-likeness (QED) is 0.480. The minimum atomic E-state index is -0.246. The van der Waals surface area contributed by atoms with E-state index in [4.69, 9.17) is 9.72 Å². The molecule has 1 amide bonds. The summed E-state index contributed by atoms with van der Waals surface area (Å²) < 4.78 is 8.06. The summed E-state index contributed by atoms with van der Waals surface area (Å²) in [4.78, 5) is 17.4. The lowest BCUT2D eigenvalue weighted by Gasteiger charge is -2.17. The predicted molar refractivity (Wildman–Crippen MR) is 119 cm³/mol. The summed E-state index contributed by atoms with van der Waals surface area (Å²) in [7, 11) is 0. The minimum absolute atomic E-state index is 0.113. The van der Waals surface area contributed by atoms with Gasteiger partial charge in [-0.3, -0.25) is 4.79 Å². The third-order valence-corrected chi connectivity index (χ3v) is 5.06. The van der Waals surface area contributed by atoms with E-state index in [0.29, 0.717) is 18.7 Å². The van der Waals surface area contributed by atoms with Gasteiger partial charge in [0.1, 0.15) is 18.2 Å². The molecule has 1 aromatic heterocycles. The number of carbonyl (C=O) groups is 1. The Morgan fingerprint density at radius 1 is 1.00 bits per heavy atom.